The molecule has 158 valence electrons. The van der Waals surface area contributed by atoms with Gasteiger partial charge in [-0.15, -0.1) is 0 Å². The zero-order chi connectivity index (χ0) is 21.0. The van der Waals surface area contributed by atoms with Gasteiger partial charge in [-0.25, -0.2) is 14.8 Å². The molecule has 1 fully saturated rings. The maximum Gasteiger partial charge on any atom is 0.350 e. The SMILES string of the molecule is CCOC(=O)c1cnc(N2CC[C@@H](NC(=O)c3nc(Cl)c(CC)[nH]3)[C@@H](OC)C2)s1. The van der Waals surface area contributed by atoms with Crippen molar-refractivity contribution in [3.05, 3.63) is 27.7 Å². The normalized spacial score (nSPS) is 19.2. The van der Waals surface area contributed by atoms with Crippen molar-refractivity contribution in [2.45, 2.75) is 38.8 Å². The van der Waals surface area contributed by atoms with Crippen molar-refractivity contribution in [3.63, 3.8) is 0 Å². The minimum atomic E-state index is -0.370. The number of hydrogen-bond acceptors (Lipinski definition) is 8. The Bertz CT molecular complexity index is 870. The third-order valence-corrected chi connectivity index (χ3v) is 6.07. The molecule has 1 aliphatic heterocycles. The lowest BCUT2D eigenvalue weighted by Crippen LogP contribution is -2.55. The highest BCUT2D eigenvalue weighted by Crippen LogP contribution is 2.27. The summed E-state index contributed by atoms with van der Waals surface area (Å²) in [4.78, 5) is 38.3. The molecule has 1 saturated heterocycles. The average Bonchev–Trinajstić information content (AvgIpc) is 3.35. The molecule has 2 atom stereocenters. The van der Waals surface area contributed by atoms with Gasteiger partial charge in [-0.2, -0.15) is 0 Å². The van der Waals surface area contributed by atoms with Crippen LogP contribution in [0.1, 0.15) is 46.3 Å². The van der Waals surface area contributed by atoms with Crippen molar-refractivity contribution in [3.8, 4) is 0 Å². The summed E-state index contributed by atoms with van der Waals surface area (Å²) in [5, 5.41) is 4.02. The number of amides is 1. The minimum absolute atomic E-state index is 0.179. The zero-order valence-electron chi connectivity index (χ0n) is 16.5. The molecular formula is C18H24ClN5O4S. The first-order chi connectivity index (χ1) is 14.0. The van der Waals surface area contributed by atoms with Crippen LogP contribution in [0.5, 0.6) is 0 Å². The molecule has 0 radical (unpaired) electrons. The lowest BCUT2D eigenvalue weighted by molar-refractivity contribution is 0.0530. The van der Waals surface area contributed by atoms with Gasteiger partial charge >= 0.3 is 5.97 Å². The Morgan fingerprint density at radius 2 is 2.24 bits per heavy atom. The van der Waals surface area contributed by atoms with E-state index in [0.717, 1.165) is 10.8 Å². The second kappa shape index (κ2) is 9.55. The van der Waals surface area contributed by atoms with Crippen molar-refractivity contribution < 1.29 is 19.1 Å². The van der Waals surface area contributed by atoms with Crippen LogP contribution < -0.4 is 10.2 Å². The number of esters is 1. The van der Waals surface area contributed by atoms with Crippen LogP contribution in [0.15, 0.2) is 6.20 Å². The van der Waals surface area contributed by atoms with Gasteiger partial charge < -0.3 is 24.7 Å². The Hall–Kier alpha value is -2.17. The molecule has 0 unspecified atom stereocenters. The van der Waals surface area contributed by atoms with Gasteiger partial charge in [0, 0.05) is 20.2 Å². The summed E-state index contributed by atoms with van der Waals surface area (Å²) < 4.78 is 10.6. The minimum Gasteiger partial charge on any atom is -0.462 e. The summed E-state index contributed by atoms with van der Waals surface area (Å²) in [6.45, 7) is 5.23. The zero-order valence-corrected chi connectivity index (χ0v) is 18.1. The van der Waals surface area contributed by atoms with Crippen LogP contribution >= 0.6 is 22.9 Å². The van der Waals surface area contributed by atoms with Crippen molar-refractivity contribution in [2.24, 2.45) is 0 Å². The van der Waals surface area contributed by atoms with E-state index >= 15 is 0 Å². The first-order valence-corrected chi connectivity index (χ1v) is 10.6. The number of piperidine rings is 1. The highest BCUT2D eigenvalue weighted by molar-refractivity contribution is 7.17. The number of anilines is 1. The molecule has 3 rings (SSSR count). The molecule has 0 aliphatic carbocycles. The van der Waals surface area contributed by atoms with E-state index in [9.17, 15) is 9.59 Å². The van der Waals surface area contributed by atoms with Crippen molar-refractivity contribution in [1.82, 2.24) is 20.3 Å². The van der Waals surface area contributed by atoms with Crippen molar-refractivity contribution in [1.29, 1.82) is 0 Å². The number of nitrogens with zero attached hydrogens (tertiary/aromatic N) is 3. The third kappa shape index (κ3) is 4.88. The van der Waals surface area contributed by atoms with Crippen LogP contribution in [-0.2, 0) is 15.9 Å². The second-order valence-electron chi connectivity index (χ2n) is 6.52. The van der Waals surface area contributed by atoms with E-state index in [1.165, 1.54) is 17.5 Å². The van der Waals surface area contributed by atoms with Crippen molar-refractivity contribution >= 4 is 39.9 Å². The van der Waals surface area contributed by atoms with Gasteiger partial charge in [-0.3, -0.25) is 4.79 Å². The number of hydrogen-bond donors (Lipinski definition) is 2. The molecule has 11 heteroatoms. The molecule has 0 bridgehead atoms. The van der Waals surface area contributed by atoms with Gasteiger partial charge in [-0.1, -0.05) is 29.9 Å². The summed E-state index contributed by atoms with van der Waals surface area (Å²) >= 11 is 7.31. The van der Waals surface area contributed by atoms with E-state index in [-0.39, 0.29) is 29.8 Å². The predicted molar refractivity (Wildman–Crippen MR) is 110 cm³/mol. The summed E-state index contributed by atoms with van der Waals surface area (Å²) in [7, 11) is 1.61. The molecule has 0 aromatic carbocycles. The van der Waals surface area contributed by atoms with E-state index in [2.05, 4.69) is 20.3 Å². The maximum absolute atomic E-state index is 12.6. The van der Waals surface area contributed by atoms with Gasteiger partial charge in [0.15, 0.2) is 16.1 Å². The standard InChI is InChI=1S/C18H24ClN5O4S/c1-4-10-14(19)23-15(21-10)16(25)22-11-6-7-24(9-12(11)27-3)18-20-8-13(29-18)17(26)28-5-2/h8,11-12H,4-7,9H2,1-3H3,(H,21,23)(H,22,25)/t11-,12+/m1/s1. The fraction of sp³-hybridized carbons (Fsp3) is 0.556. The molecule has 1 amide bonds. The first kappa shape index (κ1) is 21.5. The molecule has 1 aliphatic rings. The molecule has 2 N–H and O–H groups in total. The van der Waals surface area contributed by atoms with Gasteiger partial charge in [0.2, 0.25) is 0 Å². The lowest BCUT2D eigenvalue weighted by Gasteiger charge is -2.37. The molecule has 0 saturated carbocycles. The van der Waals surface area contributed by atoms with E-state index in [0.29, 0.717) is 42.6 Å². The van der Waals surface area contributed by atoms with E-state index in [1.54, 1.807) is 14.0 Å². The third-order valence-electron chi connectivity index (χ3n) is 4.72. The molecular weight excluding hydrogens is 418 g/mol. The van der Waals surface area contributed by atoms with E-state index in [4.69, 9.17) is 21.1 Å². The highest BCUT2D eigenvalue weighted by Gasteiger charge is 2.32. The number of ether oxygens (including phenoxy) is 2. The monoisotopic (exact) mass is 441 g/mol. The van der Waals surface area contributed by atoms with Gasteiger partial charge in [0.1, 0.15) is 4.88 Å². The second-order valence-corrected chi connectivity index (χ2v) is 7.89. The predicted octanol–water partition coefficient (Wildman–Crippen LogP) is 2.28. The topological polar surface area (TPSA) is 109 Å². The Labute approximate surface area is 177 Å². The Morgan fingerprint density at radius 1 is 1.45 bits per heavy atom. The summed E-state index contributed by atoms with van der Waals surface area (Å²) in [5.41, 5.74) is 0.733. The van der Waals surface area contributed by atoms with Crippen LogP contribution in [-0.4, -0.2) is 65.8 Å². The summed E-state index contributed by atoms with van der Waals surface area (Å²) in [6.07, 6.45) is 2.62. The number of carbonyl (C=O) groups is 2. The number of halogens is 1. The van der Waals surface area contributed by atoms with Crippen LogP contribution in [0.25, 0.3) is 0 Å². The number of thiazole rings is 1. The van der Waals surface area contributed by atoms with Crippen molar-refractivity contribution in [2.75, 3.05) is 31.7 Å². The van der Waals surface area contributed by atoms with Crippen LogP contribution in [0, 0.1) is 0 Å². The molecule has 29 heavy (non-hydrogen) atoms. The van der Waals surface area contributed by atoms with Crippen LogP contribution in [0.4, 0.5) is 5.13 Å². The number of nitrogens with one attached hydrogen (secondary N) is 2. The lowest BCUT2D eigenvalue weighted by atomic mass is 10.0. The van der Waals surface area contributed by atoms with Crippen LogP contribution in [0.2, 0.25) is 5.15 Å². The summed E-state index contributed by atoms with van der Waals surface area (Å²) in [6, 6.07) is -0.179. The molecule has 2 aromatic heterocycles. The quantitative estimate of drug-likeness (QED) is 0.634. The Morgan fingerprint density at radius 3 is 2.90 bits per heavy atom. The van der Waals surface area contributed by atoms with Gasteiger partial charge in [-0.05, 0) is 19.8 Å². The number of aromatic nitrogens is 3. The largest absolute Gasteiger partial charge is 0.462 e. The number of aromatic amines is 1. The maximum atomic E-state index is 12.6. The number of carbonyl (C=O) groups excluding carboxylic acids is 2. The number of H-pyrrole nitrogens is 1. The van der Waals surface area contributed by atoms with Crippen LogP contribution in [0.3, 0.4) is 0 Å². The van der Waals surface area contributed by atoms with Gasteiger partial charge in [0.25, 0.3) is 5.91 Å². The van der Waals surface area contributed by atoms with E-state index < -0.39 is 0 Å². The number of rotatable bonds is 7. The van der Waals surface area contributed by atoms with E-state index in [1.807, 2.05) is 11.8 Å². The smallest absolute Gasteiger partial charge is 0.350 e. The molecule has 2 aromatic rings. The number of aryl methyl sites for hydroxylation is 1. The summed E-state index contributed by atoms with van der Waals surface area (Å²) in [5.74, 6) is -0.487. The fourth-order valence-corrected chi connectivity index (χ4v) is 4.28. The Balaban J connectivity index is 1.63. The highest BCUT2D eigenvalue weighted by atomic mass is 35.5. The average molecular weight is 442 g/mol. The molecule has 9 nitrogen and oxygen atoms in total. The Kier molecular flexibility index (Phi) is 7.09. The first-order valence-electron chi connectivity index (χ1n) is 9.42. The molecule has 0 spiro atoms. The number of imidazole rings is 1. The molecule has 3 heterocycles. The fourth-order valence-electron chi connectivity index (χ4n) is 3.17. The number of methoxy groups -OCH3 is 1. The van der Waals surface area contributed by atoms with Gasteiger partial charge in [0.05, 0.1) is 30.6 Å².